The molecule has 2 aromatic carbocycles. The normalized spacial score (nSPS) is 18.2. The number of allylic oxidation sites excluding steroid dienone is 1. The van der Waals surface area contributed by atoms with Crippen LogP contribution in [0.15, 0.2) is 54.1 Å². The number of rotatable bonds is 6. The lowest BCUT2D eigenvalue weighted by Gasteiger charge is -2.57. The van der Waals surface area contributed by atoms with E-state index in [1.165, 1.54) is 53.8 Å². The summed E-state index contributed by atoms with van der Waals surface area (Å²) >= 11 is 0. The van der Waals surface area contributed by atoms with Crippen molar-refractivity contribution in [1.29, 1.82) is 0 Å². The molecule has 2 aliphatic rings. The van der Waals surface area contributed by atoms with Crippen LogP contribution in [0, 0.1) is 12.3 Å². The highest BCUT2D eigenvalue weighted by Crippen LogP contribution is 2.54. The monoisotopic (exact) mass is 375 g/mol. The fraction of sp³-hybridized carbons (Fsp3) is 0.462. The molecule has 148 valence electrons. The van der Waals surface area contributed by atoms with Gasteiger partial charge in [0, 0.05) is 32.2 Å². The average Bonchev–Trinajstić information content (AvgIpc) is 2.63. The number of hydrogen-bond acceptors (Lipinski definition) is 2. The third-order valence-corrected chi connectivity index (χ3v) is 6.47. The van der Waals surface area contributed by atoms with Crippen LogP contribution in [0.4, 0.5) is 0 Å². The summed E-state index contributed by atoms with van der Waals surface area (Å²) in [5.41, 5.74) is 9.09. The highest BCUT2D eigenvalue weighted by atomic mass is 16.5. The van der Waals surface area contributed by atoms with E-state index in [0.717, 1.165) is 13.2 Å². The molecular formula is C26H33NO. The molecule has 2 heteroatoms. The zero-order valence-electron chi connectivity index (χ0n) is 17.8. The van der Waals surface area contributed by atoms with Crippen LogP contribution in [-0.2, 0) is 4.74 Å². The summed E-state index contributed by atoms with van der Waals surface area (Å²) in [6, 6.07) is 18.3. The highest BCUT2D eigenvalue weighted by molar-refractivity contribution is 5.83. The Kier molecular flexibility index (Phi) is 5.44. The molecule has 0 atom stereocenters. The summed E-state index contributed by atoms with van der Waals surface area (Å²) in [5, 5.41) is 0. The third-order valence-electron chi connectivity index (χ3n) is 6.47. The molecule has 1 saturated carbocycles. The minimum Gasteiger partial charge on any atom is -0.383 e. The van der Waals surface area contributed by atoms with Crippen molar-refractivity contribution in [2.24, 2.45) is 5.41 Å². The number of methoxy groups -OCH3 is 1. The summed E-state index contributed by atoms with van der Waals surface area (Å²) in [6.07, 6.45) is 2.48. The SMILES string of the molecule is COCCN1CC2(CC(=C(c3ccc(C)cc3)c3ccc(C(C)C)cc3)C2)C1. The Hall–Kier alpha value is -1.90. The van der Waals surface area contributed by atoms with E-state index in [-0.39, 0.29) is 0 Å². The summed E-state index contributed by atoms with van der Waals surface area (Å²) in [4.78, 5) is 2.53. The Labute approximate surface area is 170 Å². The maximum Gasteiger partial charge on any atom is 0.0589 e. The quantitative estimate of drug-likeness (QED) is 0.646. The van der Waals surface area contributed by atoms with Gasteiger partial charge in [-0.3, -0.25) is 4.90 Å². The van der Waals surface area contributed by atoms with Crippen LogP contribution in [0.25, 0.3) is 5.57 Å². The predicted molar refractivity (Wildman–Crippen MR) is 118 cm³/mol. The van der Waals surface area contributed by atoms with Crippen molar-refractivity contribution in [3.63, 3.8) is 0 Å². The summed E-state index contributed by atoms with van der Waals surface area (Å²) in [5.74, 6) is 0.574. The van der Waals surface area contributed by atoms with E-state index in [1.54, 1.807) is 12.7 Å². The topological polar surface area (TPSA) is 12.5 Å². The lowest BCUT2D eigenvalue weighted by atomic mass is 9.59. The molecule has 1 saturated heterocycles. The molecule has 0 bridgehead atoms. The zero-order chi connectivity index (χ0) is 19.7. The van der Waals surface area contributed by atoms with Crippen molar-refractivity contribution in [1.82, 2.24) is 4.90 Å². The van der Waals surface area contributed by atoms with Gasteiger partial charge in [0.1, 0.15) is 0 Å². The van der Waals surface area contributed by atoms with Crippen LogP contribution in [0.3, 0.4) is 0 Å². The second-order valence-electron chi connectivity index (χ2n) is 9.18. The first-order chi connectivity index (χ1) is 13.5. The first-order valence-corrected chi connectivity index (χ1v) is 10.6. The van der Waals surface area contributed by atoms with Crippen molar-refractivity contribution in [3.8, 4) is 0 Å². The van der Waals surface area contributed by atoms with Gasteiger partial charge in [-0.2, -0.15) is 0 Å². The molecule has 4 rings (SSSR count). The lowest BCUT2D eigenvalue weighted by Crippen LogP contribution is -2.60. The van der Waals surface area contributed by atoms with Gasteiger partial charge >= 0.3 is 0 Å². The third kappa shape index (κ3) is 3.81. The molecule has 2 fully saturated rings. The van der Waals surface area contributed by atoms with Gasteiger partial charge in [-0.15, -0.1) is 0 Å². The molecule has 1 aliphatic carbocycles. The maximum atomic E-state index is 5.23. The Balaban J connectivity index is 1.58. The average molecular weight is 376 g/mol. The molecule has 1 heterocycles. The smallest absolute Gasteiger partial charge is 0.0589 e. The molecule has 1 aliphatic heterocycles. The van der Waals surface area contributed by atoms with E-state index in [1.807, 2.05) is 0 Å². The van der Waals surface area contributed by atoms with Gasteiger partial charge in [0.15, 0.2) is 0 Å². The van der Waals surface area contributed by atoms with E-state index in [4.69, 9.17) is 4.74 Å². The maximum absolute atomic E-state index is 5.23. The van der Waals surface area contributed by atoms with Gasteiger partial charge in [0.05, 0.1) is 6.61 Å². The van der Waals surface area contributed by atoms with E-state index in [2.05, 4.69) is 74.2 Å². The molecule has 0 aromatic heterocycles. The lowest BCUT2D eigenvalue weighted by molar-refractivity contribution is -0.0399. The molecule has 0 radical (unpaired) electrons. The molecule has 28 heavy (non-hydrogen) atoms. The van der Waals surface area contributed by atoms with Crippen LogP contribution in [-0.4, -0.2) is 38.3 Å². The summed E-state index contributed by atoms with van der Waals surface area (Å²) in [6.45, 7) is 11.1. The van der Waals surface area contributed by atoms with Crippen molar-refractivity contribution in [3.05, 3.63) is 76.4 Å². The summed E-state index contributed by atoms with van der Waals surface area (Å²) in [7, 11) is 1.79. The standard InChI is InChI=1S/C26H33NO/c1-19(2)21-9-11-23(12-10-21)25(22-7-5-20(3)6-8-22)24-15-26(16-24)17-27(18-26)13-14-28-4/h5-12,19H,13-18H2,1-4H3. The number of nitrogens with zero attached hydrogens (tertiary/aromatic N) is 1. The van der Waals surface area contributed by atoms with Crippen molar-refractivity contribution in [2.45, 2.75) is 39.5 Å². The number of aryl methyl sites for hydroxylation is 1. The zero-order valence-corrected chi connectivity index (χ0v) is 17.8. The number of benzene rings is 2. The molecule has 2 nitrogen and oxygen atoms in total. The van der Waals surface area contributed by atoms with Crippen LogP contribution >= 0.6 is 0 Å². The number of ether oxygens (including phenoxy) is 1. The van der Waals surface area contributed by atoms with Gasteiger partial charge in [-0.1, -0.05) is 73.5 Å². The molecule has 2 aromatic rings. The predicted octanol–water partition coefficient (Wildman–Crippen LogP) is 5.66. The molecule has 0 N–H and O–H groups in total. The van der Waals surface area contributed by atoms with Gasteiger partial charge in [0.2, 0.25) is 0 Å². The second-order valence-corrected chi connectivity index (χ2v) is 9.18. The first-order valence-electron chi connectivity index (χ1n) is 10.6. The van der Waals surface area contributed by atoms with E-state index in [9.17, 15) is 0 Å². The Bertz CT molecular complexity index is 829. The van der Waals surface area contributed by atoms with Crippen LogP contribution < -0.4 is 0 Å². The Morgan fingerprint density at radius 3 is 2.07 bits per heavy atom. The van der Waals surface area contributed by atoms with Gasteiger partial charge in [0.25, 0.3) is 0 Å². The number of likely N-dealkylation sites (tertiary alicyclic amines) is 1. The van der Waals surface area contributed by atoms with Crippen molar-refractivity contribution < 1.29 is 4.74 Å². The second kappa shape index (κ2) is 7.85. The van der Waals surface area contributed by atoms with Gasteiger partial charge < -0.3 is 4.74 Å². The minimum absolute atomic E-state index is 0.525. The number of hydrogen-bond donors (Lipinski definition) is 0. The largest absolute Gasteiger partial charge is 0.383 e. The first kappa shape index (κ1) is 19.4. The van der Waals surface area contributed by atoms with Crippen LogP contribution in [0.2, 0.25) is 0 Å². The van der Waals surface area contributed by atoms with Gasteiger partial charge in [-0.05, 0) is 47.9 Å². The fourth-order valence-electron chi connectivity index (χ4n) is 4.86. The van der Waals surface area contributed by atoms with Gasteiger partial charge in [-0.25, -0.2) is 0 Å². The summed E-state index contributed by atoms with van der Waals surface area (Å²) < 4.78 is 5.23. The molecule has 1 spiro atoms. The van der Waals surface area contributed by atoms with E-state index < -0.39 is 0 Å². The Morgan fingerprint density at radius 1 is 0.964 bits per heavy atom. The highest BCUT2D eigenvalue weighted by Gasteiger charge is 2.50. The Morgan fingerprint density at radius 2 is 1.54 bits per heavy atom. The minimum atomic E-state index is 0.525. The van der Waals surface area contributed by atoms with Crippen molar-refractivity contribution >= 4 is 5.57 Å². The molecule has 0 amide bonds. The van der Waals surface area contributed by atoms with Crippen molar-refractivity contribution in [2.75, 3.05) is 33.4 Å². The van der Waals surface area contributed by atoms with Crippen LogP contribution in [0.1, 0.15) is 54.9 Å². The fourth-order valence-corrected chi connectivity index (χ4v) is 4.86. The van der Waals surface area contributed by atoms with E-state index in [0.29, 0.717) is 11.3 Å². The van der Waals surface area contributed by atoms with E-state index >= 15 is 0 Å². The molecular weight excluding hydrogens is 342 g/mol. The van der Waals surface area contributed by atoms with Crippen LogP contribution in [0.5, 0.6) is 0 Å². The molecule has 0 unspecified atom stereocenters.